The molecule has 1 fully saturated rings. The first-order chi connectivity index (χ1) is 9.00. The van der Waals surface area contributed by atoms with Crippen LogP contribution >= 0.6 is 0 Å². The molecule has 0 radical (unpaired) electrons. The standard InChI is InChI=1S/C15H20O3S/c1-2-4-12-5-3-6-14(9-12)15(16)10-13-7-8-19(17,18)11-13/h3,5-6,9,13H,2,4,7-8,10-11H2,1H3. The van der Waals surface area contributed by atoms with Crippen LogP contribution in [0.3, 0.4) is 0 Å². The third-order valence-corrected chi connectivity index (χ3v) is 5.43. The first-order valence-corrected chi connectivity index (χ1v) is 8.65. The second-order valence-corrected chi connectivity index (χ2v) is 7.58. The Morgan fingerprint density at radius 1 is 1.37 bits per heavy atom. The number of benzene rings is 1. The van der Waals surface area contributed by atoms with Gasteiger partial charge in [0, 0.05) is 12.0 Å². The van der Waals surface area contributed by atoms with Gasteiger partial charge in [-0.05, 0) is 30.4 Å². The molecule has 1 heterocycles. The fraction of sp³-hybridized carbons (Fsp3) is 0.533. The van der Waals surface area contributed by atoms with E-state index in [-0.39, 0.29) is 23.2 Å². The van der Waals surface area contributed by atoms with Gasteiger partial charge in [0.1, 0.15) is 0 Å². The molecule has 1 aliphatic rings. The van der Waals surface area contributed by atoms with E-state index < -0.39 is 9.84 Å². The van der Waals surface area contributed by atoms with Crippen LogP contribution in [0.25, 0.3) is 0 Å². The largest absolute Gasteiger partial charge is 0.294 e. The Hall–Kier alpha value is -1.16. The van der Waals surface area contributed by atoms with Crippen LogP contribution in [-0.4, -0.2) is 25.7 Å². The molecule has 1 saturated heterocycles. The van der Waals surface area contributed by atoms with Gasteiger partial charge >= 0.3 is 0 Å². The zero-order valence-electron chi connectivity index (χ0n) is 11.3. The highest BCUT2D eigenvalue weighted by Gasteiger charge is 2.29. The van der Waals surface area contributed by atoms with E-state index in [9.17, 15) is 13.2 Å². The minimum atomic E-state index is -2.89. The second-order valence-electron chi connectivity index (χ2n) is 5.35. The van der Waals surface area contributed by atoms with Crippen molar-refractivity contribution in [1.82, 2.24) is 0 Å². The van der Waals surface area contributed by atoms with E-state index in [0.29, 0.717) is 12.8 Å². The summed E-state index contributed by atoms with van der Waals surface area (Å²) >= 11 is 0. The zero-order valence-corrected chi connectivity index (χ0v) is 12.1. The molecule has 0 spiro atoms. The third-order valence-electron chi connectivity index (χ3n) is 3.59. The summed E-state index contributed by atoms with van der Waals surface area (Å²) < 4.78 is 22.8. The Kier molecular flexibility index (Phi) is 4.40. The summed E-state index contributed by atoms with van der Waals surface area (Å²) in [7, 11) is -2.89. The second kappa shape index (κ2) is 5.87. The van der Waals surface area contributed by atoms with Crippen LogP contribution in [-0.2, 0) is 16.3 Å². The molecule has 2 rings (SSSR count). The fourth-order valence-electron chi connectivity index (χ4n) is 2.60. The Bertz CT molecular complexity index is 561. The average Bonchev–Trinajstić information content (AvgIpc) is 2.69. The highest BCUT2D eigenvalue weighted by Crippen LogP contribution is 2.23. The predicted octanol–water partition coefficient (Wildman–Crippen LogP) is 2.65. The highest BCUT2D eigenvalue weighted by molar-refractivity contribution is 7.91. The molecule has 0 amide bonds. The van der Waals surface area contributed by atoms with Crippen molar-refractivity contribution < 1.29 is 13.2 Å². The number of sulfone groups is 1. The Balaban J connectivity index is 2.02. The van der Waals surface area contributed by atoms with Gasteiger partial charge in [-0.2, -0.15) is 0 Å². The Morgan fingerprint density at radius 2 is 2.16 bits per heavy atom. The lowest BCUT2D eigenvalue weighted by Crippen LogP contribution is -2.11. The summed E-state index contributed by atoms with van der Waals surface area (Å²) in [4.78, 5) is 12.2. The van der Waals surface area contributed by atoms with E-state index >= 15 is 0 Å². The molecule has 0 aromatic heterocycles. The molecule has 1 unspecified atom stereocenters. The molecule has 0 N–H and O–H groups in total. The number of carbonyl (C=O) groups excluding carboxylic acids is 1. The van der Waals surface area contributed by atoms with Crippen LogP contribution in [0.5, 0.6) is 0 Å². The molecular weight excluding hydrogens is 260 g/mol. The quantitative estimate of drug-likeness (QED) is 0.779. The Labute approximate surface area is 114 Å². The van der Waals surface area contributed by atoms with Gasteiger partial charge in [-0.25, -0.2) is 8.42 Å². The third kappa shape index (κ3) is 3.90. The van der Waals surface area contributed by atoms with Crippen LogP contribution in [0.15, 0.2) is 24.3 Å². The first-order valence-electron chi connectivity index (χ1n) is 6.83. The molecule has 104 valence electrons. The lowest BCUT2D eigenvalue weighted by molar-refractivity contribution is 0.0965. The van der Waals surface area contributed by atoms with Gasteiger partial charge in [-0.15, -0.1) is 0 Å². The summed E-state index contributed by atoms with van der Waals surface area (Å²) in [5.74, 6) is 0.487. The van der Waals surface area contributed by atoms with Gasteiger partial charge < -0.3 is 0 Å². The van der Waals surface area contributed by atoms with Gasteiger partial charge in [-0.3, -0.25) is 4.79 Å². The maximum absolute atomic E-state index is 12.2. The number of Topliss-reactive ketones (excluding diaryl/α,β-unsaturated/α-hetero) is 1. The van der Waals surface area contributed by atoms with Crippen molar-refractivity contribution in [3.8, 4) is 0 Å². The number of carbonyl (C=O) groups is 1. The van der Waals surface area contributed by atoms with Crippen molar-refractivity contribution in [2.45, 2.75) is 32.6 Å². The van der Waals surface area contributed by atoms with Crippen LogP contribution in [0.1, 0.15) is 42.1 Å². The SMILES string of the molecule is CCCc1cccc(C(=O)CC2CCS(=O)(=O)C2)c1. The zero-order chi connectivity index (χ0) is 13.9. The van der Waals surface area contributed by atoms with E-state index in [2.05, 4.69) is 6.92 Å². The van der Waals surface area contributed by atoms with Gasteiger partial charge in [0.25, 0.3) is 0 Å². The topological polar surface area (TPSA) is 51.2 Å². The Morgan fingerprint density at radius 3 is 2.79 bits per heavy atom. The average molecular weight is 280 g/mol. The van der Waals surface area contributed by atoms with Crippen molar-refractivity contribution in [2.24, 2.45) is 5.92 Å². The molecule has 4 heteroatoms. The molecular formula is C15H20O3S. The van der Waals surface area contributed by atoms with Gasteiger partial charge in [0.2, 0.25) is 0 Å². The number of rotatable bonds is 5. The van der Waals surface area contributed by atoms with Crippen molar-refractivity contribution in [2.75, 3.05) is 11.5 Å². The van der Waals surface area contributed by atoms with Gasteiger partial charge in [0.05, 0.1) is 11.5 Å². The van der Waals surface area contributed by atoms with Crippen LogP contribution < -0.4 is 0 Å². The van der Waals surface area contributed by atoms with Crippen molar-refractivity contribution in [1.29, 1.82) is 0 Å². The monoisotopic (exact) mass is 280 g/mol. The van der Waals surface area contributed by atoms with Crippen molar-refractivity contribution in [3.05, 3.63) is 35.4 Å². The molecule has 1 aromatic carbocycles. The van der Waals surface area contributed by atoms with E-state index in [1.165, 1.54) is 5.56 Å². The highest BCUT2D eigenvalue weighted by atomic mass is 32.2. The summed E-state index contributed by atoms with van der Waals surface area (Å²) in [5, 5.41) is 0. The molecule has 19 heavy (non-hydrogen) atoms. The van der Waals surface area contributed by atoms with Gasteiger partial charge in [-0.1, -0.05) is 31.5 Å². The van der Waals surface area contributed by atoms with Crippen LogP contribution in [0, 0.1) is 5.92 Å². The van der Waals surface area contributed by atoms with E-state index in [4.69, 9.17) is 0 Å². The molecule has 3 nitrogen and oxygen atoms in total. The minimum Gasteiger partial charge on any atom is -0.294 e. The van der Waals surface area contributed by atoms with Crippen LogP contribution in [0.4, 0.5) is 0 Å². The van der Waals surface area contributed by atoms with E-state index in [1.807, 2.05) is 24.3 Å². The lowest BCUT2D eigenvalue weighted by Gasteiger charge is -2.07. The summed E-state index contributed by atoms with van der Waals surface area (Å²) in [6, 6.07) is 7.70. The molecule has 1 atom stereocenters. The van der Waals surface area contributed by atoms with E-state index in [0.717, 1.165) is 18.4 Å². The van der Waals surface area contributed by atoms with Crippen molar-refractivity contribution in [3.63, 3.8) is 0 Å². The maximum Gasteiger partial charge on any atom is 0.163 e. The molecule has 0 aliphatic carbocycles. The number of hydrogen-bond acceptors (Lipinski definition) is 3. The number of hydrogen-bond donors (Lipinski definition) is 0. The minimum absolute atomic E-state index is 0.00679. The van der Waals surface area contributed by atoms with Crippen LogP contribution in [0.2, 0.25) is 0 Å². The molecule has 0 bridgehead atoms. The summed E-state index contributed by atoms with van der Waals surface area (Å²) in [6.45, 7) is 2.11. The maximum atomic E-state index is 12.2. The lowest BCUT2D eigenvalue weighted by atomic mass is 9.96. The molecule has 0 saturated carbocycles. The fourth-order valence-corrected chi connectivity index (χ4v) is 4.46. The van der Waals surface area contributed by atoms with E-state index in [1.54, 1.807) is 0 Å². The van der Waals surface area contributed by atoms with Crippen molar-refractivity contribution >= 4 is 15.6 Å². The first kappa shape index (κ1) is 14.3. The number of ketones is 1. The summed E-state index contributed by atoms with van der Waals surface area (Å²) in [6.07, 6.45) is 3.01. The summed E-state index contributed by atoms with van der Waals surface area (Å²) in [5.41, 5.74) is 1.89. The van der Waals surface area contributed by atoms with Gasteiger partial charge in [0.15, 0.2) is 15.6 Å². The normalized spacial score (nSPS) is 21.4. The number of aryl methyl sites for hydroxylation is 1. The molecule has 1 aromatic rings. The predicted molar refractivity (Wildman–Crippen MR) is 76.1 cm³/mol. The molecule has 1 aliphatic heterocycles. The smallest absolute Gasteiger partial charge is 0.163 e.